The zero-order chi connectivity index (χ0) is 14.2. The first-order chi connectivity index (χ1) is 8.80. The van der Waals surface area contributed by atoms with Crippen LogP contribution in [-0.4, -0.2) is 31.0 Å². The van der Waals surface area contributed by atoms with Crippen LogP contribution < -0.4 is 0 Å². The summed E-state index contributed by atoms with van der Waals surface area (Å²) in [7, 11) is 3.80. The van der Waals surface area contributed by atoms with Crippen molar-refractivity contribution in [3.05, 3.63) is 34.9 Å². The maximum atomic E-state index is 12.5. The highest BCUT2D eigenvalue weighted by molar-refractivity contribution is 6.00. The monoisotopic (exact) mass is 271 g/mol. The second kappa shape index (κ2) is 4.96. The van der Waals surface area contributed by atoms with Gasteiger partial charge in [-0.15, -0.1) is 0 Å². The van der Waals surface area contributed by atoms with Gasteiger partial charge in [0, 0.05) is 11.6 Å². The molecule has 2 rings (SSSR count). The molecule has 1 aliphatic carbocycles. The zero-order valence-corrected chi connectivity index (χ0v) is 10.9. The number of aryl methyl sites for hydroxylation is 1. The third-order valence-electron chi connectivity index (χ3n) is 3.57. The van der Waals surface area contributed by atoms with Crippen LogP contribution in [0, 0.1) is 0 Å². The minimum absolute atomic E-state index is 0.0877. The fourth-order valence-electron chi connectivity index (χ4n) is 2.62. The SMILES string of the molecule is CN(C)C1CCCc2ccc(C(=O)C(F)(F)F)cc21. The molecule has 1 aromatic rings. The van der Waals surface area contributed by atoms with Crippen LogP contribution in [0.5, 0.6) is 0 Å². The van der Waals surface area contributed by atoms with E-state index < -0.39 is 12.0 Å². The van der Waals surface area contributed by atoms with Crippen LogP contribution in [0.2, 0.25) is 0 Å². The molecule has 0 radical (unpaired) electrons. The van der Waals surface area contributed by atoms with Gasteiger partial charge in [-0.1, -0.05) is 12.1 Å². The molecular formula is C14H16F3NO. The van der Waals surface area contributed by atoms with Gasteiger partial charge >= 0.3 is 6.18 Å². The molecule has 5 heteroatoms. The lowest BCUT2D eigenvalue weighted by molar-refractivity contribution is -0.0885. The lowest BCUT2D eigenvalue weighted by atomic mass is 9.85. The van der Waals surface area contributed by atoms with Crippen LogP contribution in [0.4, 0.5) is 13.2 Å². The maximum Gasteiger partial charge on any atom is 0.454 e. The van der Waals surface area contributed by atoms with Crippen LogP contribution in [0.3, 0.4) is 0 Å². The van der Waals surface area contributed by atoms with Crippen LogP contribution in [0.1, 0.15) is 40.4 Å². The van der Waals surface area contributed by atoms with Gasteiger partial charge in [-0.3, -0.25) is 4.79 Å². The van der Waals surface area contributed by atoms with Gasteiger partial charge in [0.05, 0.1) is 0 Å². The van der Waals surface area contributed by atoms with Crippen molar-refractivity contribution in [3.8, 4) is 0 Å². The molecule has 0 bridgehead atoms. The lowest BCUT2D eigenvalue weighted by Crippen LogP contribution is -2.26. The minimum atomic E-state index is -4.81. The standard InChI is InChI=1S/C14H16F3NO/c1-18(2)12-5-3-4-9-6-7-10(8-11(9)12)13(19)14(15,16)17/h6-8,12H,3-5H2,1-2H3. The summed E-state index contributed by atoms with van der Waals surface area (Å²) in [6, 6.07) is 4.44. The highest BCUT2D eigenvalue weighted by Gasteiger charge is 2.39. The number of hydrogen-bond donors (Lipinski definition) is 0. The van der Waals surface area contributed by atoms with E-state index in [1.807, 2.05) is 19.0 Å². The second-order valence-corrected chi connectivity index (χ2v) is 5.11. The van der Waals surface area contributed by atoms with Gasteiger partial charge in [0.1, 0.15) is 0 Å². The van der Waals surface area contributed by atoms with Crippen LogP contribution in [0.25, 0.3) is 0 Å². The smallest absolute Gasteiger partial charge is 0.302 e. The summed E-state index contributed by atoms with van der Waals surface area (Å²) < 4.78 is 37.4. The van der Waals surface area contributed by atoms with Gasteiger partial charge in [0.15, 0.2) is 0 Å². The highest BCUT2D eigenvalue weighted by atomic mass is 19.4. The summed E-state index contributed by atoms with van der Waals surface area (Å²) in [4.78, 5) is 13.3. The van der Waals surface area contributed by atoms with Crippen molar-refractivity contribution in [3.63, 3.8) is 0 Å². The summed E-state index contributed by atoms with van der Waals surface area (Å²) in [6.45, 7) is 0. The zero-order valence-electron chi connectivity index (χ0n) is 10.9. The van der Waals surface area contributed by atoms with Crippen molar-refractivity contribution in [2.75, 3.05) is 14.1 Å². The Morgan fingerprint density at radius 3 is 2.58 bits per heavy atom. The lowest BCUT2D eigenvalue weighted by Gasteiger charge is -2.31. The molecule has 0 spiro atoms. The highest BCUT2D eigenvalue weighted by Crippen LogP contribution is 2.34. The molecule has 0 aromatic heterocycles. The molecule has 1 atom stereocenters. The van der Waals surface area contributed by atoms with Crippen molar-refractivity contribution >= 4 is 5.78 Å². The number of carbonyl (C=O) groups excluding carboxylic acids is 1. The Hall–Kier alpha value is -1.36. The number of rotatable bonds is 2. The largest absolute Gasteiger partial charge is 0.454 e. The third-order valence-corrected chi connectivity index (χ3v) is 3.57. The maximum absolute atomic E-state index is 12.5. The van der Waals surface area contributed by atoms with Crippen molar-refractivity contribution in [2.24, 2.45) is 0 Å². The first kappa shape index (κ1) is 14.1. The Kier molecular flexibility index (Phi) is 3.67. The molecule has 0 aliphatic heterocycles. The predicted octanol–water partition coefficient (Wildman–Crippen LogP) is 3.37. The van der Waals surface area contributed by atoms with E-state index in [1.54, 1.807) is 6.07 Å². The van der Waals surface area contributed by atoms with Crippen LogP contribution in [-0.2, 0) is 6.42 Å². The van der Waals surface area contributed by atoms with Gasteiger partial charge in [-0.05, 0) is 50.6 Å². The third kappa shape index (κ3) is 2.81. The van der Waals surface area contributed by atoms with E-state index in [9.17, 15) is 18.0 Å². The summed E-state index contributed by atoms with van der Waals surface area (Å²) >= 11 is 0. The summed E-state index contributed by atoms with van der Waals surface area (Å²) in [5.41, 5.74) is 1.63. The molecule has 104 valence electrons. The average molecular weight is 271 g/mol. The van der Waals surface area contributed by atoms with Gasteiger partial charge in [-0.2, -0.15) is 13.2 Å². The predicted molar refractivity (Wildman–Crippen MR) is 66.2 cm³/mol. The summed E-state index contributed by atoms with van der Waals surface area (Å²) in [5, 5.41) is 0. The number of benzene rings is 1. The fraction of sp³-hybridized carbons (Fsp3) is 0.500. The van der Waals surface area contributed by atoms with Crippen molar-refractivity contribution < 1.29 is 18.0 Å². The van der Waals surface area contributed by atoms with E-state index in [4.69, 9.17) is 0 Å². The molecule has 0 heterocycles. The fourth-order valence-corrected chi connectivity index (χ4v) is 2.62. The Morgan fingerprint density at radius 1 is 1.32 bits per heavy atom. The van der Waals surface area contributed by atoms with Crippen LogP contribution >= 0.6 is 0 Å². The minimum Gasteiger partial charge on any atom is -0.302 e. The van der Waals surface area contributed by atoms with E-state index in [0.29, 0.717) is 0 Å². The molecule has 1 unspecified atom stereocenters. The first-order valence-corrected chi connectivity index (χ1v) is 6.21. The number of carbonyl (C=O) groups is 1. The Bertz CT molecular complexity index is 494. The average Bonchev–Trinajstić information content (AvgIpc) is 2.35. The summed E-state index contributed by atoms with van der Waals surface area (Å²) in [6.07, 6.45) is -2.03. The normalized spacial score (nSPS) is 19.4. The van der Waals surface area contributed by atoms with Gasteiger partial charge in [0.2, 0.25) is 0 Å². The summed E-state index contributed by atoms with van der Waals surface area (Å²) in [5.74, 6) is -1.77. The van der Waals surface area contributed by atoms with E-state index in [2.05, 4.69) is 0 Å². The molecule has 1 aromatic carbocycles. The van der Waals surface area contributed by atoms with Gasteiger partial charge < -0.3 is 4.90 Å². The number of Topliss-reactive ketones (excluding diaryl/α,β-unsaturated/α-hetero) is 1. The van der Waals surface area contributed by atoms with Crippen molar-refractivity contribution in [2.45, 2.75) is 31.5 Å². The van der Waals surface area contributed by atoms with Gasteiger partial charge in [0.25, 0.3) is 5.78 Å². The van der Waals surface area contributed by atoms with Crippen molar-refractivity contribution in [1.82, 2.24) is 4.90 Å². The Labute approximate surface area is 110 Å². The quantitative estimate of drug-likeness (QED) is 0.769. The van der Waals surface area contributed by atoms with Crippen molar-refractivity contribution in [1.29, 1.82) is 0 Å². The number of hydrogen-bond acceptors (Lipinski definition) is 2. The topological polar surface area (TPSA) is 20.3 Å². The van der Waals surface area contributed by atoms with E-state index in [-0.39, 0.29) is 11.6 Å². The number of halogens is 3. The number of nitrogens with zero attached hydrogens (tertiary/aromatic N) is 1. The van der Waals surface area contributed by atoms with Gasteiger partial charge in [-0.25, -0.2) is 0 Å². The molecule has 0 N–H and O–H groups in total. The van der Waals surface area contributed by atoms with Crippen LogP contribution in [0.15, 0.2) is 18.2 Å². The molecular weight excluding hydrogens is 255 g/mol. The Morgan fingerprint density at radius 2 is 2.00 bits per heavy atom. The van der Waals surface area contributed by atoms with E-state index >= 15 is 0 Å². The molecule has 0 fully saturated rings. The number of ketones is 1. The second-order valence-electron chi connectivity index (χ2n) is 5.11. The number of fused-ring (bicyclic) bond motifs is 1. The molecule has 19 heavy (non-hydrogen) atoms. The Balaban J connectivity index is 2.42. The molecule has 0 saturated heterocycles. The van der Waals surface area contributed by atoms with E-state index in [0.717, 1.165) is 30.4 Å². The molecule has 1 aliphatic rings. The molecule has 0 amide bonds. The first-order valence-electron chi connectivity index (χ1n) is 6.21. The molecule has 0 saturated carbocycles. The molecule has 2 nitrogen and oxygen atoms in total. The number of alkyl halides is 3. The van der Waals surface area contributed by atoms with E-state index in [1.165, 1.54) is 12.1 Å².